The number of nitrogens with one attached hydrogen (secondary N) is 1. The van der Waals surface area contributed by atoms with E-state index in [4.69, 9.17) is 14.5 Å². The molecule has 6 nitrogen and oxygen atoms in total. The van der Waals surface area contributed by atoms with Gasteiger partial charge in [-0.1, -0.05) is 62.9 Å². The lowest BCUT2D eigenvalue weighted by Crippen LogP contribution is -2.15. The van der Waals surface area contributed by atoms with Crippen LogP contribution in [0.15, 0.2) is 36.4 Å². The van der Waals surface area contributed by atoms with Gasteiger partial charge < -0.3 is 19.9 Å². The van der Waals surface area contributed by atoms with Gasteiger partial charge in [0.05, 0.1) is 24.7 Å². The van der Waals surface area contributed by atoms with Crippen LogP contribution in [0, 0.1) is 0 Å². The van der Waals surface area contributed by atoms with Crippen molar-refractivity contribution in [3.63, 3.8) is 0 Å². The number of aliphatic carboxylic acids is 1. The fourth-order valence-corrected chi connectivity index (χ4v) is 5.32. The van der Waals surface area contributed by atoms with Gasteiger partial charge in [0, 0.05) is 18.8 Å². The van der Waals surface area contributed by atoms with E-state index in [1.807, 2.05) is 38.1 Å². The molecule has 0 radical (unpaired) electrons. The molecule has 0 saturated carbocycles. The standard InChI is InChI=1S/C33H50N2O4/c1-4-29(38-23-12-11-16-28-21-20-26-15-13-22-34-32(26)35-28)17-7-5-6-8-19-31(33(36)37)30-18-10-9-14-27(30)24-39-25(2)3/h9-10,14,18,20-21,25,29,31H,4-8,11-13,15-17,19,22-24H2,1-3H3,(H,34,35)(H,36,37). The first kappa shape index (κ1) is 31.1. The van der Waals surface area contributed by atoms with Crippen molar-refractivity contribution >= 4 is 11.8 Å². The molecule has 2 heterocycles. The molecule has 3 rings (SSSR count). The Labute approximate surface area is 235 Å². The number of carbonyl (C=O) groups is 1. The van der Waals surface area contributed by atoms with Crippen molar-refractivity contribution in [2.45, 2.75) is 123 Å². The summed E-state index contributed by atoms with van der Waals surface area (Å²) in [6.07, 6.45) is 12.9. The molecule has 2 aromatic rings. The highest BCUT2D eigenvalue weighted by Gasteiger charge is 2.22. The molecule has 0 saturated heterocycles. The Morgan fingerprint density at radius 3 is 2.56 bits per heavy atom. The molecule has 1 aliphatic rings. The number of ether oxygens (including phenoxy) is 2. The molecule has 1 aromatic heterocycles. The van der Waals surface area contributed by atoms with Crippen LogP contribution in [0.2, 0.25) is 0 Å². The Balaban J connectivity index is 1.29. The third-order valence-corrected chi connectivity index (χ3v) is 7.66. The number of nitrogens with zero attached hydrogens (tertiary/aromatic N) is 1. The molecule has 0 fully saturated rings. The summed E-state index contributed by atoms with van der Waals surface area (Å²) in [5.41, 5.74) is 4.40. The molecule has 0 spiro atoms. The molecule has 39 heavy (non-hydrogen) atoms. The molecule has 1 aromatic carbocycles. The fraction of sp³-hybridized carbons (Fsp3) is 0.636. The lowest BCUT2D eigenvalue weighted by Gasteiger charge is -2.18. The molecule has 6 heteroatoms. The van der Waals surface area contributed by atoms with E-state index in [1.165, 1.54) is 17.7 Å². The van der Waals surface area contributed by atoms with Crippen molar-refractivity contribution in [1.29, 1.82) is 0 Å². The average Bonchev–Trinajstić information content (AvgIpc) is 2.94. The van der Waals surface area contributed by atoms with E-state index in [0.717, 1.165) is 94.3 Å². The SMILES string of the molecule is CCC(CCCCCCC(C(=O)O)c1ccccc1COC(C)C)OCCCCc1ccc2c(n1)NCCC2. The summed E-state index contributed by atoms with van der Waals surface area (Å²) in [7, 11) is 0. The molecular formula is C33H50N2O4. The van der Waals surface area contributed by atoms with E-state index in [1.54, 1.807) is 0 Å². The van der Waals surface area contributed by atoms with Gasteiger partial charge >= 0.3 is 5.97 Å². The van der Waals surface area contributed by atoms with Crippen molar-refractivity contribution in [2.75, 3.05) is 18.5 Å². The number of fused-ring (bicyclic) bond motifs is 1. The number of aryl methyl sites for hydroxylation is 2. The zero-order valence-corrected chi connectivity index (χ0v) is 24.4. The zero-order chi connectivity index (χ0) is 27.9. The van der Waals surface area contributed by atoms with Crippen molar-refractivity contribution < 1.29 is 19.4 Å². The molecule has 216 valence electrons. The fourth-order valence-electron chi connectivity index (χ4n) is 5.32. The normalized spacial score (nSPS) is 14.6. The van der Waals surface area contributed by atoms with E-state index in [0.29, 0.717) is 19.1 Å². The van der Waals surface area contributed by atoms with Crippen LogP contribution >= 0.6 is 0 Å². The molecule has 0 amide bonds. The number of hydrogen-bond donors (Lipinski definition) is 2. The predicted octanol–water partition coefficient (Wildman–Crippen LogP) is 7.69. The summed E-state index contributed by atoms with van der Waals surface area (Å²) in [5, 5.41) is 13.3. The summed E-state index contributed by atoms with van der Waals surface area (Å²) in [6.45, 7) is 8.49. The Morgan fingerprint density at radius 2 is 1.79 bits per heavy atom. The highest BCUT2D eigenvalue weighted by Crippen LogP contribution is 2.27. The number of pyridine rings is 1. The van der Waals surface area contributed by atoms with Crippen LogP contribution in [0.1, 0.15) is 113 Å². The minimum absolute atomic E-state index is 0.117. The first-order valence-electron chi connectivity index (χ1n) is 15.2. The second-order valence-electron chi connectivity index (χ2n) is 11.1. The number of carboxylic acids is 1. The van der Waals surface area contributed by atoms with Crippen LogP contribution < -0.4 is 5.32 Å². The minimum atomic E-state index is -0.745. The number of benzene rings is 1. The van der Waals surface area contributed by atoms with E-state index >= 15 is 0 Å². The van der Waals surface area contributed by atoms with Gasteiger partial charge in [0.15, 0.2) is 0 Å². The summed E-state index contributed by atoms with van der Waals surface area (Å²) in [5.74, 6) is -0.137. The van der Waals surface area contributed by atoms with Crippen LogP contribution in [-0.2, 0) is 33.7 Å². The van der Waals surface area contributed by atoms with Crippen molar-refractivity contribution in [1.82, 2.24) is 4.98 Å². The Morgan fingerprint density at radius 1 is 1.00 bits per heavy atom. The Bertz CT molecular complexity index is 993. The number of carboxylic acid groups (broad SMARTS) is 1. The van der Waals surface area contributed by atoms with Gasteiger partial charge in [0.1, 0.15) is 5.82 Å². The molecule has 0 aliphatic carbocycles. The van der Waals surface area contributed by atoms with Gasteiger partial charge in [-0.05, 0) is 88.0 Å². The molecule has 2 unspecified atom stereocenters. The van der Waals surface area contributed by atoms with Gasteiger partial charge in [-0.2, -0.15) is 0 Å². The largest absolute Gasteiger partial charge is 0.481 e. The molecular weight excluding hydrogens is 488 g/mol. The van der Waals surface area contributed by atoms with E-state index < -0.39 is 11.9 Å². The van der Waals surface area contributed by atoms with Crippen molar-refractivity contribution in [3.8, 4) is 0 Å². The van der Waals surface area contributed by atoms with Crippen LogP contribution in [0.5, 0.6) is 0 Å². The summed E-state index contributed by atoms with van der Waals surface area (Å²) in [6, 6.07) is 12.2. The van der Waals surface area contributed by atoms with Crippen LogP contribution in [0.3, 0.4) is 0 Å². The number of aromatic nitrogens is 1. The summed E-state index contributed by atoms with van der Waals surface area (Å²) >= 11 is 0. The molecule has 2 atom stereocenters. The first-order valence-corrected chi connectivity index (χ1v) is 15.2. The third kappa shape index (κ3) is 10.9. The molecule has 1 aliphatic heterocycles. The quantitative estimate of drug-likeness (QED) is 0.178. The summed E-state index contributed by atoms with van der Waals surface area (Å²) in [4.78, 5) is 16.9. The maximum absolute atomic E-state index is 12.1. The van der Waals surface area contributed by atoms with Gasteiger partial charge in [-0.25, -0.2) is 4.98 Å². The second kappa shape index (κ2) is 17.3. The third-order valence-electron chi connectivity index (χ3n) is 7.66. The number of rotatable bonds is 19. The number of hydrogen-bond acceptors (Lipinski definition) is 5. The van der Waals surface area contributed by atoms with Crippen molar-refractivity contribution in [2.24, 2.45) is 0 Å². The van der Waals surface area contributed by atoms with Gasteiger partial charge in [-0.3, -0.25) is 4.79 Å². The van der Waals surface area contributed by atoms with Crippen LogP contribution in [0.25, 0.3) is 0 Å². The average molecular weight is 539 g/mol. The number of unbranched alkanes of at least 4 members (excludes halogenated alkanes) is 4. The Kier molecular flexibility index (Phi) is 13.8. The highest BCUT2D eigenvalue weighted by atomic mass is 16.5. The van der Waals surface area contributed by atoms with Crippen molar-refractivity contribution in [3.05, 3.63) is 58.8 Å². The van der Waals surface area contributed by atoms with Gasteiger partial charge in [0.2, 0.25) is 0 Å². The van der Waals surface area contributed by atoms with Gasteiger partial charge in [0.25, 0.3) is 0 Å². The predicted molar refractivity (Wildman–Crippen MR) is 158 cm³/mol. The van der Waals surface area contributed by atoms with Crippen LogP contribution in [0.4, 0.5) is 5.82 Å². The smallest absolute Gasteiger partial charge is 0.310 e. The maximum Gasteiger partial charge on any atom is 0.310 e. The van der Waals surface area contributed by atoms with E-state index in [9.17, 15) is 9.90 Å². The van der Waals surface area contributed by atoms with Crippen LogP contribution in [-0.4, -0.2) is 41.4 Å². The monoisotopic (exact) mass is 538 g/mol. The Hall–Kier alpha value is -2.44. The summed E-state index contributed by atoms with van der Waals surface area (Å²) < 4.78 is 11.9. The highest BCUT2D eigenvalue weighted by molar-refractivity contribution is 5.76. The lowest BCUT2D eigenvalue weighted by molar-refractivity contribution is -0.139. The maximum atomic E-state index is 12.1. The second-order valence-corrected chi connectivity index (χ2v) is 11.1. The topological polar surface area (TPSA) is 80.7 Å². The van der Waals surface area contributed by atoms with E-state index in [-0.39, 0.29) is 6.10 Å². The molecule has 0 bridgehead atoms. The van der Waals surface area contributed by atoms with E-state index in [2.05, 4.69) is 24.4 Å². The van der Waals surface area contributed by atoms with Gasteiger partial charge in [-0.15, -0.1) is 0 Å². The molecule has 2 N–H and O–H groups in total. The zero-order valence-electron chi connectivity index (χ0n) is 24.4. The first-order chi connectivity index (χ1) is 19.0. The number of anilines is 1. The lowest BCUT2D eigenvalue weighted by atomic mass is 9.89. The minimum Gasteiger partial charge on any atom is -0.481 e.